The molecular weight excluding hydrogens is 198 g/mol. The lowest BCUT2D eigenvalue weighted by molar-refractivity contribution is -0.123. The van der Waals surface area contributed by atoms with Crippen LogP contribution in [-0.4, -0.2) is 39.2 Å². The van der Waals surface area contributed by atoms with Gasteiger partial charge in [-0.25, -0.2) is 0 Å². The van der Waals surface area contributed by atoms with Crippen LogP contribution in [0.3, 0.4) is 0 Å². The highest BCUT2D eigenvalue weighted by Gasteiger charge is 2.18. The Morgan fingerprint density at radius 2 is 2.60 bits per heavy atom. The third-order valence-corrected chi connectivity index (χ3v) is 2.27. The lowest BCUT2D eigenvalue weighted by Crippen LogP contribution is -2.27. The second kappa shape index (κ2) is 4.83. The van der Waals surface area contributed by atoms with Crippen LogP contribution in [0.4, 0.5) is 0 Å². The fourth-order valence-electron chi connectivity index (χ4n) is 1.52. The van der Waals surface area contributed by atoms with E-state index < -0.39 is 0 Å². The molecule has 1 aliphatic rings. The molecule has 82 valence electrons. The standard InChI is InChI=1S/C8H13N5O2/c14-8(4-6-2-1-3-15-6)9-5-7-10-12-13-11-7/h6H,1-5H2,(H,9,14)(H,10,11,12,13). The summed E-state index contributed by atoms with van der Waals surface area (Å²) in [5.41, 5.74) is 0. The predicted molar refractivity (Wildman–Crippen MR) is 49.6 cm³/mol. The zero-order valence-corrected chi connectivity index (χ0v) is 8.27. The molecule has 0 saturated carbocycles. The number of aromatic nitrogens is 4. The Kier molecular flexibility index (Phi) is 3.23. The monoisotopic (exact) mass is 211 g/mol. The van der Waals surface area contributed by atoms with Gasteiger partial charge in [-0.2, -0.15) is 5.21 Å². The molecule has 2 N–H and O–H groups in total. The number of amides is 1. The van der Waals surface area contributed by atoms with Gasteiger partial charge in [0.2, 0.25) is 5.91 Å². The molecular formula is C8H13N5O2. The molecule has 1 aromatic heterocycles. The summed E-state index contributed by atoms with van der Waals surface area (Å²) >= 11 is 0. The van der Waals surface area contributed by atoms with Gasteiger partial charge in [0.1, 0.15) is 0 Å². The van der Waals surface area contributed by atoms with Crippen molar-refractivity contribution < 1.29 is 9.53 Å². The predicted octanol–water partition coefficient (Wildman–Crippen LogP) is -0.615. The van der Waals surface area contributed by atoms with Crippen LogP contribution in [0, 0.1) is 0 Å². The molecule has 2 heterocycles. The highest BCUT2D eigenvalue weighted by molar-refractivity contribution is 5.76. The first-order valence-corrected chi connectivity index (χ1v) is 4.95. The van der Waals surface area contributed by atoms with Crippen LogP contribution < -0.4 is 5.32 Å². The van der Waals surface area contributed by atoms with Crippen LogP contribution >= 0.6 is 0 Å². The van der Waals surface area contributed by atoms with Crippen molar-refractivity contribution in [3.05, 3.63) is 5.82 Å². The Hall–Kier alpha value is -1.50. The molecule has 7 nitrogen and oxygen atoms in total. The largest absolute Gasteiger partial charge is 0.378 e. The van der Waals surface area contributed by atoms with Crippen LogP contribution in [0.15, 0.2) is 0 Å². The number of carbonyl (C=O) groups is 1. The van der Waals surface area contributed by atoms with E-state index in [1.54, 1.807) is 0 Å². The van der Waals surface area contributed by atoms with Crippen molar-refractivity contribution in [2.24, 2.45) is 0 Å². The van der Waals surface area contributed by atoms with Gasteiger partial charge in [0, 0.05) is 6.61 Å². The molecule has 0 aliphatic carbocycles. The molecule has 0 spiro atoms. The molecule has 0 radical (unpaired) electrons. The van der Waals surface area contributed by atoms with Crippen molar-refractivity contribution in [1.82, 2.24) is 25.9 Å². The second-order valence-corrected chi connectivity index (χ2v) is 3.44. The first-order chi connectivity index (χ1) is 7.34. The van der Waals surface area contributed by atoms with Gasteiger partial charge in [-0.05, 0) is 12.8 Å². The number of nitrogens with one attached hydrogen (secondary N) is 2. The van der Waals surface area contributed by atoms with Gasteiger partial charge in [-0.3, -0.25) is 4.79 Å². The highest BCUT2D eigenvalue weighted by Crippen LogP contribution is 2.14. The van der Waals surface area contributed by atoms with Gasteiger partial charge in [-0.1, -0.05) is 5.21 Å². The van der Waals surface area contributed by atoms with E-state index in [1.165, 1.54) is 0 Å². The van der Waals surface area contributed by atoms with Crippen LogP contribution in [0.5, 0.6) is 0 Å². The number of nitrogens with zero attached hydrogens (tertiary/aromatic N) is 3. The second-order valence-electron chi connectivity index (χ2n) is 3.44. The summed E-state index contributed by atoms with van der Waals surface area (Å²) in [4.78, 5) is 11.4. The SMILES string of the molecule is O=C(CC1CCCO1)NCc1nn[nH]n1. The highest BCUT2D eigenvalue weighted by atomic mass is 16.5. The lowest BCUT2D eigenvalue weighted by Gasteiger charge is -2.08. The van der Waals surface area contributed by atoms with E-state index in [0.29, 0.717) is 18.8 Å². The zero-order valence-electron chi connectivity index (χ0n) is 8.27. The van der Waals surface area contributed by atoms with Crippen LogP contribution in [0.1, 0.15) is 25.1 Å². The summed E-state index contributed by atoms with van der Waals surface area (Å²) in [6.45, 7) is 1.07. The molecule has 1 unspecified atom stereocenters. The number of hydrogen-bond donors (Lipinski definition) is 2. The van der Waals surface area contributed by atoms with Crippen LogP contribution in [0.25, 0.3) is 0 Å². The third-order valence-electron chi connectivity index (χ3n) is 2.27. The Bertz CT molecular complexity index is 307. The van der Waals surface area contributed by atoms with Gasteiger partial charge in [0.05, 0.1) is 19.1 Å². The maximum Gasteiger partial charge on any atom is 0.222 e. The first kappa shape index (κ1) is 10.0. The summed E-state index contributed by atoms with van der Waals surface area (Å²) in [6, 6.07) is 0. The first-order valence-electron chi connectivity index (χ1n) is 4.95. The Balaban J connectivity index is 1.68. The van der Waals surface area contributed by atoms with Gasteiger partial charge in [-0.15, -0.1) is 10.2 Å². The summed E-state index contributed by atoms with van der Waals surface area (Å²) < 4.78 is 5.35. The van der Waals surface area contributed by atoms with Crippen molar-refractivity contribution in [2.75, 3.05) is 6.61 Å². The van der Waals surface area contributed by atoms with E-state index >= 15 is 0 Å². The minimum Gasteiger partial charge on any atom is -0.378 e. The lowest BCUT2D eigenvalue weighted by atomic mass is 10.2. The van der Waals surface area contributed by atoms with Crippen molar-refractivity contribution in [1.29, 1.82) is 0 Å². The Morgan fingerprint density at radius 3 is 3.27 bits per heavy atom. The average Bonchev–Trinajstić information content (AvgIpc) is 2.86. The molecule has 1 aliphatic heterocycles. The molecule has 7 heteroatoms. The van der Waals surface area contributed by atoms with Gasteiger partial charge >= 0.3 is 0 Å². The Labute approximate surface area is 86.6 Å². The molecule has 1 fully saturated rings. The number of hydrogen-bond acceptors (Lipinski definition) is 5. The van der Waals surface area contributed by atoms with Gasteiger partial charge in [0.15, 0.2) is 5.82 Å². The maximum absolute atomic E-state index is 11.4. The van der Waals surface area contributed by atoms with Gasteiger partial charge in [0.25, 0.3) is 0 Å². The average molecular weight is 211 g/mol. The number of carbonyl (C=O) groups excluding carboxylic acids is 1. The van der Waals surface area contributed by atoms with Crippen LogP contribution in [-0.2, 0) is 16.1 Å². The molecule has 2 rings (SSSR count). The fourth-order valence-corrected chi connectivity index (χ4v) is 1.52. The number of aromatic amines is 1. The number of tetrazole rings is 1. The van der Waals surface area contributed by atoms with Crippen molar-refractivity contribution in [3.8, 4) is 0 Å². The smallest absolute Gasteiger partial charge is 0.222 e. The molecule has 0 bridgehead atoms. The van der Waals surface area contributed by atoms with Crippen LogP contribution in [0.2, 0.25) is 0 Å². The van der Waals surface area contributed by atoms with E-state index in [2.05, 4.69) is 25.9 Å². The quantitative estimate of drug-likeness (QED) is 0.692. The maximum atomic E-state index is 11.4. The molecule has 15 heavy (non-hydrogen) atoms. The summed E-state index contributed by atoms with van der Waals surface area (Å²) in [6.07, 6.45) is 2.51. The topological polar surface area (TPSA) is 92.8 Å². The van der Waals surface area contributed by atoms with E-state index in [1.807, 2.05) is 0 Å². The van der Waals surface area contributed by atoms with E-state index in [9.17, 15) is 4.79 Å². The fraction of sp³-hybridized carbons (Fsp3) is 0.750. The number of rotatable bonds is 4. The number of H-pyrrole nitrogens is 1. The third kappa shape index (κ3) is 2.98. The van der Waals surface area contributed by atoms with E-state index in [-0.39, 0.29) is 12.0 Å². The minimum atomic E-state index is -0.0355. The summed E-state index contributed by atoms with van der Waals surface area (Å²) in [5.74, 6) is 0.447. The summed E-state index contributed by atoms with van der Waals surface area (Å²) in [7, 11) is 0. The molecule has 1 atom stereocenters. The normalized spacial score (nSPS) is 20.4. The molecule has 1 saturated heterocycles. The Morgan fingerprint density at radius 1 is 1.67 bits per heavy atom. The summed E-state index contributed by atoms with van der Waals surface area (Å²) in [5, 5.41) is 15.9. The van der Waals surface area contributed by atoms with Crippen molar-refractivity contribution in [3.63, 3.8) is 0 Å². The van der Waals surface area contributed by atoms with Crippen molar-refractivity contribution in [2.45, 2.75) is 31.9 Å². The molecule has 0 aromatic carbocycles. The number of ether oxygens (including phenoxy) is 1. The van der Waals surface area contributed by atoms with E-state index in [0.717, 1.165) is 19.4 Å². The van der Waals surface area contributed by atoms with Gasteiger partial charge < -0.3 is 10.1 Å². The molecule has 1 aromatic rings. The van der Waals surface area contributed by atoms with E-state index in [4.69, 9.17) is 4.74 Å². The minimum absolute atomic E-state index is 0.0355. The van der Waals surface area contributed by atoms with Crippen molar-refractivity contribution >= 4 is 5.91 Å². The zero-order chi connectivity index (χ0) is 10.5. The molecule has 1 amide bonds.